The summed E-state index contributed by atoms with van der Waals surface area (Å²) < 4.78 is 12.2. The van der Waals surface area contributed by atoms with Gasteiger partial charge in [-0.3, -0.25) is 0 Å². The van der Waals surface area contributed by atoms with E-state index < -0.39 is 6.10 Å². The van der Waals surface area contributed by atoms with Gasteiger partial charge < -0.3 is 29.6 Å². The summed E-state index contributed by atoms with van der Waals surface area (Å²) in [6.07, 6.45) is 2.44. The Labute approximate surface area is 197 Å². The Hall–Kier alpha value is -3.61. The van der Waals surface area contributed by atoms with Crippen molar-refractivity contribution in [1.29, 1.82) is 0 Å². The lowest BCUT2D eigenvalue weighted by Crippen LogP contribution is -2.31. The second-order valence-electron chi connectivity index (χ2n) is 8.81. The first kappa shape index (κ1) is 22.2. The number of likely N-dealkylation sites (tertiary alicyclic amines) is 1. The fraction of sp³-hybridized carbons (Fsp3) is 0.400. The summed E-state index contributed by atoms with van der Waals surface area (Å²) in [5.41, 5.74) is 8.49. The van der Waals surface area contributed by atoms with E-state index in [-0.39, 0.29) is 18.7 Å². The second kappa shape index (κ2) is 8.97. The third kappa shape index (κ3) is 4.06. The van der Waals surface area contributed by atoms with Crippen LogP contribution in [0, 0.1) is 29.6 Å². The number of imidazole rings is 1. The van der Waals surface area contributed by atoms with Crippen molar-refractivity contribution in [2.45, 2.75) is 19.1 Å². The third-order valence-corrected chi connectivity index (χ3v) is 6.68. The zero-order valence-corrected chi connectivity index (χ0v) is 19.1. The quantitative estimate of drug-likeness (QED) is 0.560. The normalized spacial score (nSPS) is 22.5. The van der Waals surface area contributed by atoms with Crippen LogP contribution < -0.4 is 5.73 Å². The maximum absolute atomic E-state index is 11.6. The summed E-state index contributed by atoms with van der Waals surface area (Å²) in [6, 6.07) is 9.41. The van der Waals surface area contributed by atoms with Gasteiger partial charge in [0.05, 0.1) is 13.2 Å². The number of hydrogen-bond acceptors (Lipinski definition) is 7. The summed E-state index contributed by atoms with van der Waals surface area (Å²) in [5.74, 6) is 9.04. The van der Waals surface area contributed by atoms with E-state index in [9.17, 15) is 9.90 Å². The molecule has 1 amide bonds. The maximum atomic E-state index is 11.6. The molecule has 1 aliphatic carbocycles. The molecule has 176 valence electrons. The molecule has 1 saturated carbocycles. The SMILES string of the molecule is COC(=O)N1C[C@@H]2[C@@H](C#Cc3ccc(-c4cc([C@@H](CN)n5ccnc5[C@H](C)O)no4)cc3)[C@@H]2C1. The van der Waals surface area contributed by atoms with Gasteiger partial charge in [-0.05, 0) is 43.0 Å². The van der Waals surface area contributed by atoms with E-state index in [1.165, 1.54) is 7.11 Å². The molecule has 0 radical (unpaired) electrons. The number of aliphatic hydroxyl groups is 1. The second-order valence-corrected chi connectivity index (χ2v) is 8.81. The fourth-order valence-electron chi connectivity index (χ4n) is 4.77. The Morgan fingerprint density at radius 3 is 2.71 bits per heavy atom. The Balaban J connectivity index is 1.25. The monoisotopic (exact) mass is 461 g/mol. The highest BCUT2D eigenvalue weighted by Crippen LogP contribution is 2.51. The minimum atomic E-state index is -0.717. The first-order chi connectivity index (χ1) is 16.5. The molecule has 3 N–H and O–H groups in total. The summed E-state index contributed by atoms with van der Waals surface area (Å²) in [4.78, 5) is 17.6. The van der Waals surface area contributed by atoms with E-state index in [1.54, 1.807) is 24.2 Å². The first-order valence-electron chi connectivity index (χ1n) is 11.3. The van der Waals surface area contributed by atoms with E-state index in [1.807, 2.05) is 34.9 Å². The number of rotatable bonds is 5. The molecule has 0 unspecified atom stereocenters. The van der Waals surface area contributed by atoms with E-state index >= 15 is 0 Å². The lowest BCUT2D eigenvalue weighted by molar-refractivity contribution is 0.127. The van der Waals surface area contributed by atoms with Gasteiger partial charge in [-0.25, -0.2) is 9.78 Å². The number of ether oxygens (including phenoxy) is 1. The number of aliphatic hydroxyl groups excluding tert-OH is 1. The number of benzene rings is 1. The van der Waals surface area contributed by atoms with Crippen molar-refractivity contribution in [1.82, 2.24) is 19.6 Å². The predicted molar refractivity (Wildman–Crippen MR) is 123 cm³/mol. The Morgan fingerprint density at radius 2 is 2.06 bits per heavy atom. The molecule has 2 aromatic heterocycles. The van der Waals surface area contributed by atoms with Gasteiger partial charge in [0, 0.05) is 55.1 Å². The molecule has 34 heavy (non-hydrogen) atoms. The topological polar surface area (TPSA) is 120 Å². The fourth-order valence-corrected chi connectivity index (χ4v) is 4.77. The van der Waals surface area contributed by atoms with Gasteiger partial charge in [0.2, 0.25) is 0 Å². The van der Waals surface area contributed by atoms with Crippen LogP contribution in [0.25, 0.3) is 11.3 Å². The minimum absolute atomic E-state index is 0.253. The number of hydrogen-bond donors (Lipinski definition) is 2. The number of amides is 1. The number of piperidine rings is 1. The Bertz CT molecular complexity index is 1220. The maximum Gasteiger partial charge on any atom is 0.409 e. The number of carbonyl (C=O) groups excluding carboxylic acids is 1. The summed E-state index contributed by atoms with van der Waals surface area (Å²) in [5, 5.41) is 14.2. The first-order valence-corrected chi connectivity index (χ1v) is 11.3. The van der Waals surface area contributed by atoms with Crippen molar-refractivity contribution in [2.24, 2.45) is 23.5 Å². The Morgan fingerprint density at radius 1 is 1.32 bits per heavy atom. The van der Waals surface area contributed by atoms with Crippen LogP contribution in [0.4, 0.5) is 4.79 Å². The molecule has 2 fully saturated rings. The van der Waals surface area contributed by atoms with Gasteiger partial charge in [-0.2, -0.15) is 0 Å². The average Bonchev–Trinajstić information content (AvgIpc) is 3.37. The molecular formula is C25H27N5O4. The van der Waals surface area contributed by atoms with Gasteiger partial charge in [0.25, 0.3) is 0 Å². The van der Waals surface area contributed by atoms with Crippen molar-refractivity contribution in [3.63, 3.8) is 0 Å². The van der Waals surface area contributed by atoms with Crippen LogP contribution in [0.5, 0.6) is 0 Å². The van der Waals surface area contributed by atoms with Crippen LogP contribution in [-0.2, 0) is 4.74 Å². The van der Waals surface area contributed by atoms with Crippen LogP contribution in [0.1, 0.15) is 36.2 Å². The van der Waals surface area contributed by atoms with Gasteiger partial charge in [0.1, 0.15) is 17.6 Å². The van der Waals surface area contributed by atoms with Gasteiger partial charge in [-0.1, -0.05) is 17.0 Å². The standard InChI is InChI=1S/C25H27N5O4/c1-15(31)24-27-9-10-30(24)22(12-26)21-11-23(34-28-21)17-6-3-16(4-7-17)5-8-18-19-13-29(14-20(18)19)25(32)33-2/h3-4,6-7,9-11,15,18-20,22,31H,12-14,26H2,1-2H3/t15-,18-,19-,20+,22+/m0/s1. The van der Waals surface area contributed by atoms with Crippen LogP contribution in [0.2, 0.25) is 0 Å². The summed E-state index contributed by atoms with van der Waals surface area (Å²) in [7, 11) is 1.41. The smallest absolute Gasteiger partial charge is 0.409 e. The summed E-state index contributed by atoms with van der Waals surface area (Å²) in [6.45, 7) is 3.41. The van der Waals surface area contributed by atoms with Crippen LogP contribution >= 0.6 is 0 Å². The molecule has 9 nitrogen and oxygen atoms in total. The molecule has 3 aromatic rings. The van der Waals surface area contributed by atoms with Crippen molar-refractivity contribution < 1.29 is 19.2 Å². The number of methoxy groups -OCH3 is 1. The zero-order chi connectivity index (χ0) is 23.8. The molecule has 5 atom stereocenters. The molecule has 9 heteroatoms. The van der Waals surface area contributed by atoms with E-state index in [0.717, 1.165) is 24.2 Å². The number of aromatic nitrogens is 3. The highest BCUT2D eigenvalue weighted by Gasteiger charge is 2.56. The lowest BCUT2D eigenvalue weighted by Gasteiger charge is -2.17. The molecule has 0 bridgehead atoms. The minimum Gasteiger partial charge on any atom is -0.453 e. The molecule has 2 aliphatic rings. The summed E-state index contributed by atoms with van der Waals surface area (Å²) >= 11 is 0. The Kier molecular flexibility index (Phi) is 5.86. The predicted octanol–water partition coefficient (Wildman–Crippen LogP) is 2.44. The van der Waals surface area contributed by atoms with Crippen molar-refractivity contribution in [3.8, 4) is 23.2 Å². The van der Waals surface area contributed by atoms with E-state index in [4.69, 9.17) is 15.0 Å². The van der Waals surface area contributed by atoms with Crippen LogP contribution in [0.15, 0.2) is 47.2 Å². The van der Waals surface area contributed by atoms with Crippen LogP contribution in [0.3, 0.4) is 0 Å². The van der Waals surface area contributed by atoms with Crippen LogP contribution in [-0.4, -0.2) is 57.6 Å². The largest absolute Gasteiger partial charge is 0.453 e. The highest BCUT2D eigenvalue weighted by molar-refractivity contribution is 5.68. The molecule has 1 aliphatic heterocycles. The lowest BCUT2D eigenvalue weighted by atomic mass is 10.1. The van der Waals surface area contributed by atoms with Gasteiger partial charge in [0.15, 0.2) is 5.76 Å². The molecule has 3 heterocycles. The van der Waals surface area contributed by atoms with Gasteiger partial charge in [-0.15, -0.1) is 0 Å². The van der Waals surface area contributed by atoms with Crippen molar-refractivity contribution in [2.75, 3.05) is 26.7 Å². The molecule has 5 rings (SSSR count). The number of nitrogens with zero attached hydrogens (tertiary/aromatic N) is 4. The van der Waals surface area contributed by atoms with Crippen molar-refractivity contribution >= 4 is 6.09 Å². The van der Waals surface area contributed by atoms with Crippen molar-refractivity contribution in [3.05, 3.63) is 59.8 Å². The average molecular weight is 462 g/mol. The highest BCUT2D eigenvalue weighted by atomic mass is 16.5. The third-order valence-electron chi connectivity index (χ3n) is 6.68. The van der Waals surface area contributed by atoms with Gasteiger partial charge >= 0.3 is 6.09 Å². The number of fused-ring (bicyclic) bond motifs is 1. The molecular weight excluding hydrogens is 434 g/mol. The number of carbonyl (C=O) groups is 1. The molecule has 0 spiro atoms. The molecule has 1 aromatic carbocycles. The molecule has 1 saturated heterocycles. The zero-order valence-electron chi connectivity index (χ0n) is 19.1. The van der Waals surface area contributed by atoms with E-state index in [0.29, 0.717) is 35.0 Å². The number of nitrogens with two attached hydrogens (primary N) is 1. The van der Waals surface area contributed by atoms with E-state index in [2.05, 4.69) is 22.0 Å².